The predicted molar refractivity (Wildman–Crippen MR) is 57.2 cm³/mol. The van der Waals surface area contributed by atoms with Gasteiger partial charge in [0.1, 0.15) is 0 Å². The van der Waals surface area contributed by atoms with Crippen molar-refractivity contribution in [2.45, 2.75) is 0 Å². The van der Waals surface area contributed by atoms with Crippen LogP contribution in [0.3, 0.4) is 0 Å². The Hall–Kier alpha value is -0.704. The standard InChI is InChI=1S/C10H10N2O3.K.H2O/c11-7-1-3-8(4-2-7)12-9(13)5-6-10(14)15;;/h1-6H,11H2,(H,12,13)(H,14,15);;1H2/q;+1;/p-1/b6-5-;;. The zero-order valence-corrected chi connectivity index (χ0v) is 12.4. The van der Waals surface area contributed by atoms with Crippen LogP contribution in [0.2, 0.25) is 0 Å². The maximum atomic E-state index is 11.1. The molecule has 0 radical (unpaired) electrons. The van der Waals surface area contributed by atoms with Gasteiger partial charge in [-0.05, 0) is 30.3 Å². The molecule has 0 aliphatic heterocycles. The van der Waals surface area contributed by atoms with E-state index in [1.807, 2.05) is 0 Å². The second kappa shape index (κ2) is 9.34. The van der Waals surface area contributed by atoms with Gasteiger partial charge in [-0.2, -0.15) is 0 Å². The summed E-state index contributed by atoms with van der Waals surface area (Å²) < 4.78 is 0. The second-order valence-corrected chi connectivity index (χ2v) is 2.76. The summed E-state index contributed by atoms with van der Waals surface area (Å²) in [5.74, 6) is -1.95. The Bertz CT molecular complexity index is 403. The van der Waals surface area contributed by atoms with Crippen molar-refractivity contribution in [2.75, 3.05) is 11.1 Å². The molecule has 6 nitrogen and oxygen atoms in total. The number of carbonyl (C=O) groups is 2. The van der Waals surface area contributed by atoms with E-state index in [0.717, 1.165) is 6.08 Å². The molecule has 17 heavy (non-hydrogen) atoms. The first-order valence-corrected chi connectivity index (χ1v) is 4.13. The van der Waals surface area contributed by atoms with Gasteiger partial charge < -0.3 is 26.4 Å². The van der Waals surface area contributed by atoms with E-state index in [4.69, 9.17) is 5.73 Å². The third kappa shape index (κ3) is 8.08. The van der Waals surface area contributed by atoms with Crippen LogP contribution in [-0.2, 0) is 9.59 Å². The van der Waals surface area contributed by atoms with E-state index in [1.54, 1.807) is 24.3 Å². The summed E-state index contributed by atoms with van der Waals surface area (Å²) in [7, 11) is 0. The number of rotatable bonds is 3. The molecule has 5 N–H and O–H groups in total. The van der Waals surface area contributed by atoms with Crippen LogP contribution < -0.4 is 67.5 Å². The van der Waals surface area contributed by atoms with Gasteiger partial charge in [0, 0.05) is 17.5 Å². The third-order valence-electron chi connectivity index (χ3n) is 1.55. The summed E-state index contributed by atoms with van der Waals surface area (Å²) in [5, 5.41) is 12.5. The quantitative estimate of drug-likeness (QED) is 0.324. The zero-order valence-electron chi connectivity index (χ0n) is 9.27. The maximum Gasteiger partial charge on any atom is 1.00 e. The number of benzene rings is 1. The van der Waals surface area contributed by atoms with Gasteiger partial charge in [0.2, 0.25) is 5.91 Å². The summed E-state index contributed by atoms with van der Waals surface area (Å²) >= 11 is 0. The number of nitrogens with one attached hydrogen (secondary N) is 1. The van der Waals surface area contributed by atoms with Crippen LogP contribution in [0.15, 0.2) is 36.4 Å². The molecule has 0 aliphatic rings. The summed E-state index contributed by atoms with van der Waals surface area (Å²) in [5.41, 5.74) is 6.56. The van der Waals surface area contributed by atoms with Crippen LogP contribution in [0, 0.1) is 0 Å². The molecule has 0 aromatic heterocycles. The Labute approximate surface area is 141 Å². The molecule has 0 bridgehead atoms. The molecular formula is C10H11KN2O4. The first-order valence-electron chi connectivity index (χ1n) is 4.13. The fourth-order valence-electron chi connectivity index (χ4n) is 0.894. The smallest absolute Gasteiger partial charge is 0.545 e. The molecule has 1 aromatic carbocycles. The number of nitrogens with two attached hydrogens (primary N) is 1. The molecule has 0 fully saturated rings. The second-order valence-electron chi connectivity index (χ2n) is 2.76. The number of anilines is 2. The molecule has 0 saturated carbocycles. The average molecular weight is 262 g/mol. The Morgan fingerprint density at radius 3 is 2.18 bits per heavy atom. The Balaban J connectivity index is 0. The third-order valence-corrected chi connectivity index (χ3v) is 1.55. The molecule has 1 rings (SSSR count). The van der Waals surface area contributed by atoms with Gasteiger partial charge in [-0.1, -0.05) is 0 Å². The van der Waals surface area contributed by atoms with Crippen molar-refractivity contribution in [2.24, 2.45) is 0 Å². The number of amides is 1. The Morgan fingerprint density at radius 1 is 1.18 bits per heavy atom. The topological polar surface area (TPSA) is 127 Å². The molecular weight excluding hydrogens is 251 g/mol. The largest absolute Gasteiger partial charge is 1.00 e. The van der Waals surface area contributed by atoms with Gasteiger partial charge in [0.05, 0.1) is 5.97 Å². The van der Waals surface area contributed by atoms with Gasteiger partial charge in [-0.3, -0.25) is 4.79 Å². The first kappa shape index (κ1) is 18.7. The molecule has 0 saturated heterocycles. The zero-order chi connectivity index (χ0) is 11.3. The Kier molecular flexibility index (Phi) is 10.2. The van der Waals surface area contributed by atoms with Crippen molar-refractivity contribution in [3.63, 3.8) is 0 Å². The van der Waals surface area contributed by atoms with Gasteiger partial charge in [0.25, 0.3) is 0 Å². The summed E-state index contributed by atoms with van der Waals surface area (Å²) in [4.78, 5) is 21.1. The van der Waals surface area contributed by atoms with E-state index in [9.17, 15) is 14.7 Å². The molecule has 0 aliphatic carbocycles. The minimum atomic E-state index is -1.41. The molecule has 0 spiro atoms. The van der Waals surface area contributed by atoms with Crippen molar-refractivity contribution in [1.82, 2.24) is 0 Å². The number of aliphatic carboxylic acids is 1. The fourth-order valence-corrected chi connectivity index (χ4v) is 0.894. The molecule has 86 valence electrons. The van der Waals surface area contributed by atoms with Crippen LogP contribution in [-0.4, -0.2) is 17.4 Å². The van der Waals surface area contributed by atoms with E-state index in [-0.39, 0.29) is 56.9 Å². The molecule has 0 atom stereocenters. The van der Waals surface area contributed by atoms with Crippen LogP contribution in [0.4, 0.5) is 11.4 Å². The van der Waals surface area contributed by atoms with Crippen molar-refractivity contribution in [1.29, 1.82) is 0 Å². The molecule has 1 aromatic rings. The minimum Gasteiger partial charge on any atom is -0.545 e. The van der Waals surface area contributed by atoms with E-state index in [0.29, 0.717) is 17.5 Å². The SMILES string of the molecule is Nc1ccc(NC(=O)/C=C\C(=O)[O-])cc1.O.[K+]. The van der Waals surface area contributed by atoms with Crippen molar-refractivity contribution in [3.8, 4) is 0 Å². The fraction of sp³-hybridized carbons (Fsp3) is 0. The van der Waals surface area contributed by atoms with Gasteiger partial charge >= 0.3 is 51.4 Å². The van der Waals surface area contributed by atoms with E-state index < -0.39 is 11.9 Å². The first-order chi connectivity index (χ1) is 7.08. The van der Waals surface area contributed by atoms with Gasteiger partial charge in [0.15, 0.2) is 0 Å². The monoisotopic (exact) mass is 262 g/mol. The number of nitrogen functional groups attached to an aromatic ring is 1. The molecule has 0 heterocycles. The van der Waals surface area contributed by atoms with E-state index in [1.165, 1.54) is 0 Å². The summed E-state index contributed by atoms with van der Waals surface area (Å²) in [6.07, 6.45) is 1.54. The molecule has 0 unspecified atom stereocenters. The van der Waals surface area contributed by atoms with Crippen molar-refractivity contribution in [3.05, 3.63) is 36.4 Å². The number of hydrogen-bond acceptors (Lipinski definition) is 4. The van der Waals surface area contributed by atoms with Crippen molar-refractivity contribution >= 4 is 23.3 Å². The molecule has 1 amide bonds. The number of carbonyl (C=O) groups excluding carboxylic acids is 2. The molecule has 7 heteroatoms. The van der Waals surface area contributed by atoms with Crippen LogP contribution >= 0.6 is 0 Å². The summed E-state index contributed by atoms with van der Waals surface area (Å²) in [6.45, 7) is 0. The normalized spacial score (nSPS) is 8.94. The van der Waals surface area contributed by atoms with Gasteiger partial charge in [-0.15, -0.1) is 0 Å². The van der Waals surface area contributed by atoms with Crippen LogP contribution in [0.5, 0.6) is 0 Å². The van der Waals surface area contributed by atoms with Crippen LogP contribution in [0.25, 0.3) is 0 Å². The van der Waals surface area contributed by atoms with Crippen molar-refractivity contribution < 1.29 is 71.6 Å². The van der Waals surface area contributed by atoms with E-state index in [2.05, 4.69) is 5.32 Å². The summed E-state index contributed by atoms with van der Waals surface area (Å²) in [6, 6.07) is 6.47. The Morgan fingerprint density at radius 2 is 1.71 bits per heavy atom. The number of hydrogen-bond donors (Lipinski definition) is 2. The van der Waals surface area contributed by atoms with Gasteiger partial charge in [-0.25, -0.2) is 0 Å². The minimum absolute atomic E-state index is 0. The van der Waals surface area contributed by atoms with Crippen LogP contribution in [0.1, 0.15) is 0 Å². The number of carboxylic acid groups (broad SMARTS) is 1. The van der Waals surface area contributed by atoms with E-state index >= 15 is 0 Å². The average Bonchev–Trinajstić information content (AvgIpc) is 2.19. The maximum absolute atomic E-state index is 11.1. The number of carboxylic acids is 1. The predicted octanol–water partition coefficient (Wildman–Crippen LogP) is -4.31.